The van der Waals surface area contributed by atoms with E-state index in [4.69, 9.17) is 27.9 Å². The number of hydrogen-bond donors (Lipinski definition) is 2. The lowest BCUT2D eigenvalue weighted by atomic mass is 9.99. The molecule has 9 nitrogen and oxygen atoms in total. The molecule has 3 aromatic rings. The van der Waals surface area contributed by atoms with Crippen molar-refractivity contribution in [3.8, 4) is 0 Å². The van der Waals surface area contributed by atoms with Crippen LogP contribution in [-0.4, -0.2) is 57.6 Å². The number of carbonyl (C=O) groups is 2. The number of nitrogens with zero attached hydrogens (tertiary/aromatic N) is 4. The number of aromatic amines is 1. The molecule has 1 aliphatic rings. The minimum absolute atomic E-state index is 0.101. The molecule has 0 unspecified atom stereocenters. The van der Waals surface area contributed by atoms with Crippen LogP contribution in [0.4, 0.5) is 5.13 Å². The molecule has 3 aromatic heterocycles. The molecular weight excluding hydrogens is 463 g/mol. The third kappa shape index (κ3) is 4.28. The van der Waals surface area contributed by atoms with Crippen LogP contribution in [0.1, 0.15) is 38.3 Å². The third-order valence-corrected chi connectivity index (χ3v) is 7.22. The number of H-pyrrole nitrogens is 1. The fourth-order valence-corrected chi connectivity index (χ4v) is 4.90. The lowest BCUT2D eigenvalue weighted by Crippen LogP contribution is -2.51. The topological polar surface area (TPSA) is 105 Å². The summed E-state index contributed by atoms with van der Waals surface area (Å²) in [5.74, 6) is -0.723. The summed E-state index contributed by atoms with van der Waals surface area (Å²) in [6.45, 7) is 2.99. The summed E-state index contributed by atoms with van der Waals surface area (Å²) in [6, 6.07) is -0.271. The van der Waals surface area contributed by atoms with Gasteiger partial charge in [-0.15, -0.1) is 0 Å². The number of amides is 1. The van der Waals surface area contributed by atoms with Crippen LogP contribution in [0.5, 0.6) is 0 Å². The Bertz CT molecular complexity index is 1100. The summed E-state index contributed by atoms with van der Waals surface area (Å²) < 4.78 is 6.73. The highest BCUT2D eigenvalue weighted by Gasteiger charge is 2.34. The summed E-state index contributed by atoms with van der Waals surface area (Å²) in [5, 5.41) is 4.37. The summed E-state index contributed by atoms with van der Waals surface area (Å²) in [5.41, 5.74) is 0.890. The molecule has 0 spiro atoms. The number of methoxy groups -OCH3 is 1. The SMILES string of the molecule is COC(=O)c1cnc(N2CC[C@@H](NC(=O)c3[nH]c(C)c(Cl)c3Cl)[C@@H](n3ccnc3)C2)s1. The molecule has 1 saturated heterocycles. The van der Waals surface area contributed by atoms with Crippen molar-refractivity contribution in [2.45, 2.75) is 25.4 Å². The zero-order valence-electron chi connectivity index (χ0n) is 16.8. The Kier molecular flexibility index (Phi) is 6.22. The van der Waals surface area contributed by atoms with E-state index >= 15 is 0 Å². The predicted molar refractivity (Wildman–Crippen MR) is 118 cm³/mol. The molecule has 0 bridgehead atoms. The number of carbonyl (C=O) groups excluding carboxylic acids is 2. The first-order chi connectivity index (χ1) is 14.9. The average Bonchev–Trinajstić information content (AvgIpc) is 3.52. The van der Waals surface area contributed by atoms with Crippen LogP contribution in [0.15, 0.2) is 24.9 Å². The van der Waals surface area contributed by atoms with Crippen LogP contribution in [0, 0.1) is 6.92 Å². The number of ether oxygens (including phenoxy) is 1. The fraction of sp³-hybridized carbons (Fsp3) is 0.368. The zero-order valence-corrected chi connectivity index (χ0v) is 19.1. The van der Waals surface area contributed by atoms with Gasteiger partial charge in [-0.25, -0.2) is 14.8 Å². The second-order valence-corrected chi connectivity index (χ2v) is 8.91. The number of anilines is 1. The van der Waals surface area contributed by atoms with E-state index in [9.17, 15) is 9.59 Å². The van der Waals surface area contributed by atoms with Crippen LogP contribution in [0.2, 0.25) is 10.0 Å². The highest BCUT2D eigenvalue weighted by atomic mass is 35.5. The largest absolute Gasteiger partial charge is 0.465 e. The van der Waals surface area contributed by atoms with E-state index in [0.29, 0.717) is 35.1 Å². The smallest absolute Gasteiger partial charge is 0.349 e. The monoisotopic (exact) mass is 482 g/mol. The Morgan fingerprint density at radius 1 is 1.35 bits per heavy atom. The summed E-state index contributed by atoms with van der Waals surface area (Å²) in [7, 11) is 1.34. The second-order valence-electron chi connectivity index (χ2n) is 7.14. The van der Waals surface area contributed by atoms with Gasteiger partial charge in [-0.2, -0.15) is 0 Å². The lowest BCUT2D eigenvalue weighted by Gasteiger charge is -2.39. The van der Waals surface area contributed by atoms with Crippen molar-refractivity contribution in [3.63, 3.8) is 0 Å². The summed E-state index contributed by atoms with van der Waals surface area (Å²) in [6.07, 6.45) is 7.45. The highest BCUT2D eigenvalue weighted by Crippen LogP contribution is 2.32. The maximum atomic E-state index is 12.9. The van der Waals surface area contributed by atoms with Gasteiger partial charge in [-0.05, 0) is 13.3 Å². The maximum absolute atomic E-state index is 12.9. The van der Waals surface area contributed by atoms with Crippen molar-refractivity contribution in [1.82, 2.24) is 24.8 Å². The van der Waals surface area contributed by atoms with Gasteiger partial charge in [-0.1, -0.05) is 34.5 Å². The first kappa shape index (κ1) is 21.7. The summed E-state index contributed by atoms with van der Waals surface area (Å²) in [4.78, 5) is 38.7. The molecule has 4 rings (SSSR count). The van der Waals surface area contributed by atoms with Gasteiger partial charge in [0.15, 0.2) is 5.13 Å². The molecule has 1 aliphatic heterocycles. The molecule has 4 heterocycles. The first-order valence-corrected chi connectivity index (χ1v) is 11.1. The molecule has 0 saturated carbocycles. The van der Waals surface area contributed by atoms with E-state index in [-0.39, 0.29) is 28.7 Å². The Hall–Kier alpha value is -2.56. The van der Waals surface area contributed by atoms with Crippen molar-refractivity contribution < 1.29 is 14.3 Å². The molecule has 164 valence electrons. The molecule has 0 aliphatic carbocycles. The molecule has 0 aromatic carbocycles. The minimum Gasteiger partial charge on any atom is -0.465 e. The van der Waals surface area contributed by atoms with Gasteiger partial charge in [0.2, 0.25) is 0 Å². The van der Waals surface area contributed by atoms with Crippen LogP contribution in [0.3, 0.4) is 0 Å². The van der Waals surface area contributed by atoms with Crippen LogP contribution >= 0.6 is 34.5 Å². The van der Waals surface area contributed by atoms with Gasteiger partial charge in [0.25, 0.3) is 5.91 Å². The number of rotatable bonds is 5. The Labute approximate surface area is 192 Å². The number of aryl methyl sites for hydroxylation is 1. The summed E-state index contributed by atoms with van der Waals surface area (Å²) >= 11 is 13.6. The third-order valence-electron chi connectivity index (χ3n) is 5.24. The second kappa shape index (κ2) is 8.89. The van der Waals surface area contributed by atoms with Crippen LogP contribution in [0.25, 0.3) is 0 Å². The van der Waals surface area contributed by atoms with E-state index in [1.54, 1.807) is 19.4 Å². The molecule has 12 heteroatoms. The van der Waals surface area contributed by atoms with Gasteiger partial charge in [-0.3, -0.25) is 4.79 Å². The first-order valence-electron chi connectivity index (χ1n) is 9.50. The Morgan fingerprint density at radius 2 is 2.16 bits per heavy atom. The predicted octanol–water partition coefficient (Wildman–Crippen LogP) is 3.32. The number of halogens is 2. The number of piperidine rings is 1. The molecule has 31 heavy (non-hydrogen) atoms. The standard InChI is InChI=1S/C19H20Cl2N6O3S/c1-10-14(20)15(21)16(24-10)17(28)25-11-3-5-26(8-12(11)27-6-4-22-9-27)19-23-7-13(31-19)18(29)30-2/h4,6-7,9,11-12,24H,3,5,8H2,1-2H3,(H,25,28)/t11-,12+/m1/s1. The van der Waals surface area contributed by atoms with Crippen molar-refractivity contribution in [1.29, 1.82) is 0 Å². The van der Waals surface area contributed by atoms with Gasteiger partial charge in [0, 0.05) is 31.2 Å². The Morgan fingerprint density at radius 3 is 2.81 bits per heavy atom. The van der Waals surface area contributed by atoms with E-state index in [1.807, 2.05) is 10.8 Å². The van der Waals surface area contributed by atoms with Crippen molar-refractivity contribution >= 4 is 51.5 Å². The quantitative estimate of drug-likeness (QED) is 0.540. The number of aromatic nitrogens is 4. The van der Waals surface area contributed by atoms with E-state index in [0.717, 1.165) is 5.13 Å². The fourth-order valence-electron chi connectivity index (χ4n) is 3.62. The van der Waals surface area contributed by atoms with Gasteiger partial charge >= 0.3 is 5.97 Å². The number of imidazole rings is 1. The maximum Gasteiger partial charge on any atom is 0.349 e. The van der Waals surface area contributed by atoms with Crippen molar-refractivity contribution in [2.24, 2.45) is 0 Å². The highest BCUT2D eigenvalue weighted by molar-refractivity contribution is 7.17. The normalized spacial score (nSPS) is 18.8. The van der Waals surface area contributed by atoms with E-state index < -0.39 is 5.97 Å². The molecule has 2 atom stereocenters. The molecule has 0 radical (unpaired) electrons. The lowest BCUT2D eigenvalue weighted by molar-refractivity contribution is 0.0606. The minimum atomic E-state index is -0.408. The molecule has 2 N–H and O–H groups in total. The number of hydrogen-bond acceptors (Lipinski definition) is 7. The molecule has 1 amide bonds. The molecule has 1 fully saturated rings. The van der Waals surface area contributed by atoms with Crippen LogP contribution < -0.4 is 10.2 Å². The van der Waals surface area contributed by atoms with E-state index in [1.165, 1.54) is 24.6 Å². The van der Waals surface area contributed by atoms with Gasteiger partial charge < -0.3 is 24.5 Å². The van der Waals surface area contributed by atoms with Gasteiger partial charge in [0.05, 0.1) is 41.8 Å². The van der Waals surface area contributed by atoms with Crippen molar-refractivity contribution in [3.05, 3.63) is 51.2 Å². The zero-order chi connectivity index (χ0) is 22.1. The van der Waals surface area contributed by atoms with Gasteiger partial charge in [0.1, 0.15) is 10.6 Å². The molecular formula is C19H20Cl2N6O3S. The van der Waals surface area contributed by atoms with Crippen LogP contribution in [-0.2, 0) is 4.74 Å². The van der Waals surface area contributed by atoms with Crippen molar-refractivity contribution in [2.75, 3.05) is 25.1 Å². The van der Waals surface area contributed by atoms with E-state index in [2.05, 4.69) is 25.2 Å². The Balaban J connectivity index is 1.54. The number of thiazole rings is 1. The average molecular weight is 483 g/mol. The number of esters is 1. The number of nitrogens with one attached hydrogen (secondary N) is 2.